The molecule has 0 bridgehead atoms. The van der Waals surface area contributed by atoms with Gasteiger partial charge >= 0.3 is 5.97 Å². The molecule has 0 aliphatic heterocycles. The molecule has 94 valence electrons. The third kappa shape index (κ3) is 5.20. The molecule has 1 rings (SSSR count). The Balaban J connectivity index is 2.17. The standard InChI is InChI=1S/C13H18ClNO2/c1-10(2)13(16)17-8-7-15-9-11-5-3-4-6-12(11)14/h3-6,10,15H,7-9H2,1-2H3. The number of carbonyl (C=O) groups is 1. The molecule has 0 saturated heterocycles. The monoisotopic (exact) mass is 255 g/mol. The third-order valence-corrected chi connectivity index (χ3v) is 2.64. The number of hydrogen-bond donors (Lipinski definition) is 1. The van der Waals surface area contributed by atoms with Crippen molar-refractivity contribution in [3.05, 3.63) is 34.9 Å². The fourth-order valence-corrected chi connectivity index (χ4v) is 1.46. The van der Waals surface area contributed by atoms with Crippen LogP contribution in [0.15, 0.2) is 24.3 Å². The van der Waals surface area contributed by atoms with Crippen LogP contribution in [0.25, 0.3) is 0 Å². The number of carbonyl (C=O) groups excluding carboxylic acids is 1. The largest absolute Gasteiger partial charge is 0.464 e. The van der Waals surface area contributed by atoms with Crippen LogP contribution >= 0.6 is 11.6 Å². The number of rotatable bonds is 6. The van der Waals surface area contributed by atoms with Crippen LogP contribution in [0.2, 0.25) is 5.02 Å². The van der Waals surface area contributed by atoms with E-state index in [0.29, 0.717) is 19.7 Å². The van der Waals surface area contributed by atoms with E-state index in [0.717, 1.165) is 10.6 Å². The molecule has 17 heavy (non-hydrogen) atoms. The first kappa shape index (κ1) is 14.0. The van der Waals surface area contributed by atoms with Crippen molar-refractivity contribution in [1.82, 2.24) is 5.32 Å². The molecule has 0 amide bonds. The lowest BCUT2D eigenvalue weighted by Gasteiger charge is -2.08. The van der Waals surface area contributed by atoms with Gasteiger partial charge in [0.05, 0.1) is 5.92 Å². The minimum absolute atomic E-state index is 0.0708. The molecule has 0 radical (unpaired) electrons. The maximum atomic E-state index is 11.2. The number of esters is 1. The minimum Gasteiger partial charge on any atom is -0.464 e. The van der Waals surface area contributed by atoms with Gasteiger partial charge in [-0.25, -0.2) is 0 Å². The van der Waals surface area contributed by atoms with Gasteiger partial charge in [-0.05, 0) is 11.6 Å². The Labute approximate surface area is 107 Å². The van der Waals surface area contributed by atoms with Crippen molar-refractivity contribution >= 4 is 17.6 Å². The van der Waals surface area contributed by atoms with Crippen LogP contribution in [-0.2, 0) is 16.1 Å². The highest BCUT2D eigenvalue weighted by molar-refractivity contribution is 6.31. The first-order valence-electron chi connectivity index (χ1n) is 5.72. The van der Waals surface area contributed by atoms with Crippen LogP contribution in [0, 0.1) is 5.92 Å². The van der Waals surface area contributed by atoms with Crippen molar-refractivity contribution < 1.29 is 9.53 Å². The van der Waals surface area contributed by atoms with Gasteiger partial charge < -0.3 is 10.1 Å². The number of ether oxygens (including phenoxy) is 1. The highest BCUT2D eigenvalue weighted by Gasteiger charge is 2.07. The smallest absolute Gasteiger partial charge is 0.308 e. The van der Waals surface area contributed by atoms with E-state index in [4.69, 9.17) is 16.3 Å². The average Bonchev–Trinajstić information content (AvgIpc) is 2.30. The lowest BCUT2D eigenvalue weighted by Crippen LogP contribution is -2.22. The Hall–Kier alpha value is -1.06. The molecule has 0 spiro atoms. The summed E-state index contributed by atoms with van der Waals surface area (Å²) in [6.45, 7) is 5.34. The van der Waals surface area contributed by atoms with Gasteiger partial charge in [0.25, 0.3) is 0 Å². The molecule has 1 N–H and O–H groups in total. The van der Waals surface area contributed by atoms with E-state index in [1.807, 2.05) is 38.1 Å². The topological polar surface area (TPSA) is 38.3 Å². The summed E-state index contributed by atoms with van der Waals surface area (Å²) in [7, 11) is 0. The number of halogens is 1. The Bertz CT molecular complexity index is 366. The molecule has 1 aromatic rings. The van der Waals surface area contributed by atoms with Crippen LogP contribution in [0.1, 0.15) is 19.4 Å². The quantitative estimate of drug-likeness (QED) is 0.627. The lowest BCUT2D eigenvalue weighted by molar-refractivity contribution is -0.147. The third-order valence-electron chi connectivity index (χ3n) is 2.27. The van der Waals surface area contributed by atoms with Crippen molar-refractivity contribution in [2.24, 2.45) is 5.92 Å². The molecule has 0 aromatic heterocycles. The van der Waals surface area contributed by atoms with Gasteiger partial charge in [-0.15, -0.1) is 0 Å². The fraction of sp³-hybridized carbons (Fsp3) is 0.462. The normalized spacial score (nSPS) is 10.6. The van der Waals surface area contributed by atoms with E-state index >= 15 is 0 Å². The van der Waals surface area contributed by atoms with Crippen LogP contribution < -0.4 is 5.32 Å². The number of nitrogens with one attached hydrogen (secondary N) is 1. The summed E-state index contributed by atoms with van der Waals surface area (Å²) in [5, 5.41) is 3.92. The van der Waals surface area contributed by atoms with E-state index in [1.165, 1.54) is 0 Å². The summed E-state index contributed by atoms with van der Waals surface area (Å²) in [5.74, 6) is -0.233. The Kier molecular flexibility index (Phi) is 6.01. The van der Waals surface area contributed by atoms with Gasteiger partial charge in [0.2, 0.25) is 0 Å². The number of hydrogen-bond acceptors (Lipinski definition) is 3. The second-order valence-corrected chi connectivity index (χ2v) is 4.50. The molecule has 3 nitrogen and oxygen atoms in total. The SMILES string of the molecule is CC(C)C(=O)OCCNCc1ccccc1Cl. The van der Waals surface area contributed by atoms with Crippen LogP contribution in [0.3, 0.4) is 0 Å². The second-order valence-electron chi connectivity index (χ2n) is 4.09. The van der Waals surface area contributed by atoms with E-state index in [1.54, 1.807) is 0 Å². The maximum Gasteiger partial charge on any atom is 0.308 e. The summed E-state index contributed by atoms with van der Waals surface area (Å²) in [4.78, 5) is 11.2. The highest BCUT2D eigenvalue weighted by atomic mass is 35.5. The zero-order valence-electron chi connectivity index (χ0n) is 10.2. The fourth-order valence-electron chi connectivity index (χ4n) is 1.26. The Morgan fingerprint density at radius 1 is 1.41 bits per heavy atom. The van der Waals surface area contributed by atoms with Gasteiger partial charge in [-0.1, -0.05) is 43.6 Å². The van der Waals surface area contributed by atoms with Crippen molar-refractivity contribution in [3.63, 3.8) is 0 Å². The van der Waals surface area contributed by atoms with Gasteiger partial charge in [-0.3, -0.25) is 4.79 Å². The zero-order chi connectivity index (χ0) is 12.7. The summed E-state index contributed by atoms with van der Waals surface area (Å²) >= 11 is 6.00. The van der Waals surface area contributed by atoms with Crippen molar-refractivity contribution in [3.8, 4) is 0 Å². The lowest BCUT2D eigenvalue weighted by atomic mass is 10.2. The van der Waals surface area contributed by atoms with Gasteiger partial charge in [0, 0.05) is 18.1 Å². The molecule has 0 aliphatic carbocycles. The zero-order valence-corrected chi connectivity index (χ0v) is 11.0. The predicted molar refractivity (Wildman–Crippen MR) is 69.0 cm³/mol. The summed E-state index contributed by atoms with van der Waals surface area (Å²) < 4.78 is 5.04. The second kappa shape index (κ2) is 7.30. The van der Waals surface area contributed by atoms with Crippen molar-refractivity contribution in [2.45, 2.75) is 20.4 Å². The highest BCUT2D eigenvalue weighted by Crippen LogP contribution is 2.13. The van der Waals surface area contributed by atoms with Gasteiger partial charge in [-0.2, -0.15) is 0 Å². The van der Waals surface area contributed by atoms with E-state index in [2.05, 4.69) is 5.32 Å². The molecule has 0 unspecified atom stereocenters. The van der Waals surface area contributed by atoms with E-state index < -0.39 is 0 Å². The predicted octanol–water partition coefficient (Wildman–Crippen LogP) is 2.63. The first-order valence-corrected chi connectivity index (χ1v) is 6.10. The van der Waals surface area contributed by atoms with Gasteiger partial charge in [0.1, 0.15) is 6.61 Å². The Morgan fingerprint density at radius 3 is 2.76 bits per heavy atom. The Morgan fingerprint density at radius 2 is 2.12 bits per heavy atom. The number of benzene rings is 1. The first-order chi connectivity index (χ1) is 8.11. The molecule has 0 saturated carbocycles. The maximum absolute atomic E-state index is 11.2. The van der Waals surface area contributed by atoms with Crippen molar-refractivity contribution in [1.29, 1.82) is 0 Å². The molecular formula is C13H18ClNO2. The molecule has 4 heteroatoms. The molecule has 0 atom stereocenters. The molecular weight excluding hydrogens is 238 g/mol. The summed E-state index contributed by atoms with van der Waals surface area (Å²) in [6, 6.07) is 7.67. The van der Waals surface area contributed by atoms with Crippen LogP contribution in [-0.4, -0.2) is 19.1 Å². The summed E-state index contributed by atoms with van der Waals surface area (Å²) in [6.07, 6.45) is 0. The average molecular weight is 256 g/mol. The molecule has 0 aliphatic rings. The molecule has 0 heterocycles. The summed E-state index contributed by atoms with van der Waals surface area (Å²) in [5.41, 5.74) is 1.05. The van der Waals surface area contributed by atoms with Crippen molar-refractivity contribution in [2.75, 3.05) is 13.2 Å². The van der Waals surface area contributed by atoms with E-state index in [9.17, 15) is 4.79 Å². The van der Waals surface area contributed by atoms with Gasteiger partial charge in [0.15, 0.2) is 0 Å². The molecule has 0 fully saturated rings. The van der Waals surface area contributed by atoms with Crippen LogP contribution in [0.5, 0.6) is 0 Å². The molecule has 1 aromatic carbocycles. The van der Waals surface area contributed by atoms with Crippen LogP contribution in [0.4, 0.5) is 0 Å². The minimum atomic E-state index is -0.162. The van der Waals surface area contributed by atoms with E-state index in [-0.39, 0.29) is 11.9 Å².